The number of alkyl halides is 3. The fourth-order valence-electron chi connectivity index (χ4n) is 0.354. The normalized spacial score (nSPS) is 7.92. The van der Waals surface area contributed by atoms with Gasteiger partial charge in [0.1, 0.15) is 6.07 Å². The Labute approximate surface area is 106 Å². The van der Waals surface area contributed by atoms with Gasteiger partial charge in [-0.3, -0.25) is 0 Å². The summed E-state index contributed by atoms with van der Waals surface area (Å²) in [6.45, 7) is 2.21. The van der Waals surface area contributed by atoms with Gasteiger partial charge in [-0.05, 0) is 0 Å². The quantitative estimate of drug-likeness (QED) is 0.499. The van der Waals surface area contributed by atoms with Crippen LogP contribution in [0.15, 0.2) is 0 Å². The summed E-state index contributed by atoms with van der Waals surface area (Å²) in [5, 5.41) is 7.76. The molecular weight excluding hydrogens is 385 g/mol. The second-order valence-corrected chi connectivity index (χ2v) is 4.24. The van der Waals surface area contributed by atoms with E-state index in [1.54, 1.807) is 0 Å². The van der Waals surface area contributed by atoms with Crippen molar-refractivity contribution >= 4 is 56.8 Å². The van der Waals surface area contributed by atoms with Crippen molar-refractivity contribution in [3.05, 3.63) is 0 Å². The molecule has 8 heteroatoms. The zero-order valence-electron chi connectivity index (χ0n) is 7.11. The molecule has 1 nitrogen and oxygen atoms in total. The van der Waals surface area contributed by atoms with Gasteiger partial charge in [0.15, 0.2) is 0 Å². The van der Waals surface area contributed by atoms with Gasteiger partial charge in [-0.25, -0.2) is 0 Å². The number of nitriles is 1. The van der Waals surface area contributed by atoms with Crippen molar-refractivity contribution in [1.29, 1.82) is 5.26 Å². The summed E-state index contributed by atoms with van der Waals surface area (Å²) >= 11 is 14.7. The molecule has 0 aromatic rings. The number of halogens is 3. The molecule has 0 saturated carbocycles. The molecule has 0 aliphatic carbocycles. The van der Waals surface area contributed by atoms with Crippen molar-refractivity contribution in [1.82, 2.24) is 0 Å². The average molecular weight is 394 g/mol. The molecule has 0 heterocycles. The summed E-state index contributed by atoms with van der Waals surface area (Å²) in [5.74, 6) is 0. The summed E-state index contributed by atoms with van der Waals surface area (Å²) in [5.41, 5.74) is 0. The van der Waals surface area contributed by atoms with Crippen molar-refractivity contribution in [2.24, 2.45) is 0 Å². The molecule has 0 saturated heterocycles. The zero-order chi connectivity index (χ0) is 9.33. The Kier molecular flexibility index (Phi) is 19.3. The molecule has 0 aliphatic heterocycles. The summed E-state index contributed by atoms with van der Waals surface area (Å²) in [6, 6.07) is 1.40. The Hall–Kier alpha value is 1.24. The van der Waals surface area contributed by atoms with Crippen LogP contribution in [0.25, 0.3) is 0 Å². The summed E-state index contributed by atoms with van der Waals surface area (Å²) < 4.78 is -1.74. The zero-order valence-corrected chi connectivity index (χ0v) is 12.3. The van der Waals surface area contributed by atoms with E-state index in [0.29, 0.717) is 0 Å². The molecule has 0 fully saturated rings. The van der Waals surface area contributed by atoms with Gasteiger partial charge in [-0.1, -0.05) is 48.0 Å². The fourth-order valence-corrected chi connectivity index (χ4v) is 0.354. The minimum Gasteiger partial charge on any atom is -0.194 e. The van der Waals surface area contributed by atoms with Crippen LogP contribution < -0.4 is 0 Å². The molecule has 12 heavy (non-hydrogen) atoms. The van der Waals surface area contributed by atoms with E-state index >= 15 is 0 Å². The predicted octanol–water partition coefficient (Wildman–Crippen LogP) is 0.638. The third kappa shape index (κ3) is 30.3. The van der Waals surface area contributed by atoms with E-state index in [0.717, 1.165) is 0 Å². The van der Waals surface area contributed by atoms with E-state index in [1.165, 1.54) is 26.6 Å². The smallest absolute Gasteiger partial charge is 0.194 e. The van der Waals surface area contributed by atoms with Gasteiger partial charge in [0.25, 0.3) is 3.79 Å². The average Bonchev–Trinajstić information content (AvgIpc) is 1.90. The third-order valence-electron chi connectivity index (χ3n) is 0.834. The molecule has 0 aromatic carbocycles. The number of nitrogens with zero attached hydrogens (tertiary/aromatic N) is 1. The van der Waals surface area contributed by atoms with Crippen LogP contribution in [0.5, 0.6) is 0 Å². The minimum absolute atomic E-state index is 0. The Morgan fingerprint density at radius 2 is 1.83 bits per heavy atom. The van der Waals surface area contributed by atoms with Gasteiger partial charge in [-0.15, -0.1) is 0 Å². The summed E-state index contributed by atoms with van der Waals surface area (Å²) in [6.07, 6.45) is 1.34. The van der Waals surface area contributed by atoms with Crippen LogP contribution in [0.4, 0.5) is 0 Å². The molecule has 0 unspecified atom stereocenters. The molecule has 0 amide bonds. The van der Waals surface area contributed by atoms with E-state index in [-0.39, 0.29) is 21.1 Å². The molecule has 0 spiro atoms. The first-order valence-electron chi connectivity index (χ1n) is 3.45. The van der Waals surface area contributed by atoms with Crippen molar-refractivity contribution in [2.45, 2.75) is 17.0 Å². The van der Waals surface area contributed by atoms with Crippen LogP contribution in [0.2, 0.25) is 6.32 Å². The van der Waals surface area contributed by atoms with Crippen molar-refractivity contribution < 1.29 is 21.1 Å². The van der Waals surface area contributed by atoms with E-state index in [9.17, 15) is 0 Å². The summed E-state index contributed by atoms with van der Waals surface area (Å²) in [4.78, 5) is 0. The standard InChI is InChI=1S/C2H9B3.C2Cl3N.W/c1-2-4-5-3;3-2(4,5)1-6;/h4-5H,2-3H2,1H3;;. The molecule has 0 N–H and O–H groups in total. The van der Waals surface area contributed by atoms with Gasteiger partial charge in [-0.2, -0.15) is 5.26 Å². The second-order valence-electron chi connectivity index (χ2n) is 1.96. The van der Waals surface area contributed by atoms with Crippen LogP contribution >= 0.6 is 34.8 Å². The molecule has 0 aromatic heterocycles. The van der Waals surface area contributed by atoms with Gasteiger partial charge in [0, 0.05) is 21.1 Å². The first-order chi connectivity index (χ1) is 4.97. The maximum Gasteiger partial charge on any atom is 0.277 e. The van der Waals surface area contributed by atoms with Crippen LogP contribution in [0, 0.1) is 11.3 Å². The first-order valence-corrected chi connectivity index (χ1v) is 4.59. The maximum absolute atomic E-state index is 7.76. The Morgan fingerprint density at radius 1 is 1.50 bits per heavy atom. The van der Waals surface area contributed by atoms with Crippen molar-refractivity contribution in [3.63, 3.8) is 0 Å². The number of hydrogen-bond acceptors (Lipinski definition) is 1. The fraction of sp³-hybridized carbons (Fsp3) is 0.750. The molecule has 0 rings (SSSR count). The van der Waals surface area contributed by atoms with Crippen LogP contribution in [-0.2, 0) is 21.1 Å². The number of hydrogen-bond donors (Lipinski definition) is 0. The molecule has 66 valence electrons. The van der Waals surface area contributed by atoms with E-state index in [2.05, 4.69) is 14.7 Å². The van der Waals surface area contributed by atoms with Gasteiger partial charge in [0.05, 0.1) is 22.0 Å². The maximum atomic E-state index is 7.76. The van der Waals surface area contributed by atoms with Crippen molar-refractivity contribution in [3.8, 4) is 6.07 Å². The third-order valence-corrected chi connectivity index (χ3v) is 1.09. The summed E-state index contributed by atoms with van der Waals surface area (Å²) in [7, 11) is 4.94. The second kappa shape index (κ2) is 12.2. The van der Waals surface area contributed by atoms with Gasteiger partial charge < -0.3 is 0 Å². The van der Waals surface area contributed by atoms with Gasteiger partial charge in [0.2, 0.25) is 0 Å². The molecule has 0 aliphatic rings. The van der Waals surface area contributed by atoms with Gasteiger partial charge >= 0.3 is 0 Å². The largest absolute Gasteiger partial charge is 0.277 e. The molecule has 0 radical (unpaired) electrons. The topological polar surface area (TPSA) is 23.8 Å². The van der Waals surface area contributed by atoms with E-state index in [4.69, 9.17) is 40.1 Å². The van der Waals surface area contributed by atoms with Crippen LogP contribution in [0.3, 0.4) is 0 Å². The molecule has 0 bridgehead atoms. The predicted molar refractivity (Wildman–Crippen MR) is 59.2 cm³/mol. The molecular formula is C4H9B3Cl3NW. The first kappa shape index (κ1) is 18.9. The monoisotopic (exact) mass is 393 g/mol. The van der Waals surface area contributed by atoms with E-state index in [1.807, 2.05) is 0 Å². The van der Waals surface area contributed by atoms with Crippen LogP contribution in [0.1, 0.15) is 6.92 Å². The van der Waals surface area contributed by atoms with Crippen molar-refractivity contribution in [2.75, 3.05) is 0 Å². The van der Waals surface area contributed by atoms with Crippen LogP contribution in [-0.4, -0.2) is 25.8 Å². The Morgan fingerprint density at radius 3 is 1.83 bits per heavy atom. The number of rotatable bonds is 2. The molecule has 0 atom stereocenters. The Bertz CT molecular complexity index is 122. The minimum atomic E-state index is -1.74. The SMILES string of the molecule is BBBCC.N#CC(Cl)(Cl)Cl.[W]. The Balaban J connectivity index is -0.000000126. The van der Waals surface area contributed by atoms with E-state index < -0.39 is 3.79 Å².